The second-order valence-electron chi connectivity index (χ2n) is 5.34. The van der Waals surface area contributed by atoms with Crippen molar-refractivity contribution in [2.24, 2.45) is 5.10 Å². The lowest BCUT2D eigenvalue weighted by Gasteiger charge is -2.09. The van der Waals surface area contributed by atoms with Crippen molar-refractivity contribution >= 4 is 23.4 Å². The van der Waals surface area contributed by atoms with E-state index in [-0.39, 0.29) is 5.56 Å². The maximum absolute atomic E-state index is 12.4. The second-order valence-corrected chi connectivity index (χ2v) is 5.34. The molecule has 0 spiro atoms. The Bertz CT molecular complexity index is 877. The highest BCUT2D eigenvalue weighted by atomic mass is 16.5. The Morgan fingerprint density at radius 1 is 0.963 bits per heavy atom. The van der Waals surface area contributed by atoms with Crippen LogP contribution in [0.15, 0.2) is 53.6 Å². The van der Waals surface area contributed by atoms with Gasteiger partial charge in [-0.05, 0) is 30.3 Å². The Morgan fingerprint density at radius 2 is 1.63 bits per heavy atom. The van der Waals surface area contributed by atoms with Crippen molar-refractivity contribution in [3.05, 3.63) is 59.7 Å². The third kappa shape index (κ3) is 5.15. The lowest BCUT2D eigenvalue weighted by molar-refractivity contribution is -0.129. The normalized spacial score (nSPS) is 10.8. The molecule has 0 aliphatic heterocycles. The third-order valence-electron chi connectivity index (χ3n) is 3.61. The summed E-state index contributed by atoms with van der Waals surface area (Å²) in [7, 11) is 2.89. The summed E-state index contributed by atoms with van der Waals surface area (Å²) >= 11 is 0. The maximum atomic E-state index is 12.4. The summed E-state index contributed by atoms with van der Waals surface area (Å²) in [5, 5.41) is 12.8. The van der Waals surface area contributed by atoms with Gasteiger partial charge in [-0.3, -0.25) is 9.59 Å². The zero-order valence-electron chi connectivity index (χ0n) is 14.8. The molecule has 2 rings (SSSR count). The van der Waals surface area contributed by atoms with E-state index in [1.165, 1.54) is 26.4 Å². The standard InChI is InChI=1S/C19H18N2O6/c1-26-16-9-8-13(10-17(16)27-2)15(22)11-14(19(24)25)20-21-18(23)12-6-4-3-5-7-12/h3-10H,11H2,1-2H3,(H,21,23)(H,24,25). The number of hydrogen-bond donors (Lipinski definition) is 2. The molecule has 0 aromatic heterocycles. The van der Waals surface area contributed by atoms with Crippen molar-refractivity contribution in [1.82, 2.24) is 5.43 Å². The van der Waals surface area contributed by atoms with Crippen LogP contribution in [-0.2, 0) is 4.79 Å². The molecule has 140 valence electrons. The van der Waals surface area contributed by atoms with E-state index in [0.717, 1.165) is 0 Å². The molecule has 0 saturated carbocycles. The van der Waals surface area contributed by atoms with Crippen molar-refractivity contribution in [1.29, 1.82) is 0 Å². The van der Waals surface area contributed by atoms with Crippen LogP contribution in [0.1, 0.15) is 27.1 Å². The molecule has 27 heavy (non-hydrogen) atoms. The Hall–Kier alpha value is -3.68. The molecule has 0 fully saturated rings. The van der Waals surface area contributed by atoms with Crippen LogP contribution in [0.25, 0.3) is 0 Å². The summed E-state index contributed by atoms with van der Waals surface area (Å²) in [6, 6.07) is 12.7. The molecular formula is C19H18N2O6. The molecule has 8 heteroatoms. The molecule has 0 aliphatic carbocycles. The van der Waals surface area contributed by atoms with E-state index in [0.29, 0.717) is 17.1 Å². The predicted octanol–water partition coefficient (Wildman–Crippen LogP) is 2.15. The number of nitrogens with zero attached hydrogens (tertiary/aromatic N) is 1. The van der Waals surface area contributed by atoms with Gasteiger partial charge in [-0.25, -0.2) is 10.2 Å². The molecule has 0 aliphatic rings. The molecule has 2 N–H and O–H groups in total. The molecule has 0 saturated heterocycles. The van der Waals surface area contributed by atoms with Crippen molar-refractivity contribution in [2.75, 3.05) is 14.2 Å². The number of ether oxygens (including phenoxy) is 2. The molecule has 1 amide bonds. The fourth-order valence-electron chi connectivity index (χ4n) is 2.20. The number of aliphatic carboxylic acids is 1. The van der Waals surface area contributed by atoms with E-state index in [1.54, 1.807) is 36.4 Å². The van der Waals surface area contributed by atoms with E-state index in [9.17, 15) is 19.5 Å². The number of amides is 1. The molecule has 0 heterocycles. The zero-order valence-corrected chi connectivity index (χ0v) is 14.8. The Kier molecular flexibility index (Phi) is 6.65. The van der Waals surface area contributed by atoms with Crippen molar-refractivity contribution in [2.45, 2.75) is 6.42 Å². The van der Waals surface area contributed by atoms with Crippen LogP contribution in [0.5, 0.6) is 11.5 Å². The SMILES string of the molecule is COc1ccc(C(=O)CC(=NNC(=O)c2ccccc2)C(=O)O)cc1OC. The molecular weight excluding hydrogens is 352 g/mol. The van der Waals surface area contributed by atoms with Crippen LogP contribution in [0.4, 0.5) is 0 Å². The molecule has 0 unspecified atom stereocenters. The van der Waals surface area contributed by atoms with Gasteiger partial charge in [-0.15, -0.1) is 0 Å². The topological polar surface area (TPSA) is 114 Å². The first-order valence-corrected chi connectivity index (χ1v) is 7.86. The van der Waals surface area contributed by atoms with E-state index < -0.39 is 29.8 Å². The maximum Gasteiger partial charge on any atom is 0.352 e. The number of nitrogens with one attached hydrogen (secondary N) is 1. The molecule has 2 aromatic rings. The second kappa shape index (κ2) is 9.14. The highest BCUT2D eigenvalue weighted by Crippen LogP contribution is 2.28. The molecule has 0 bridgehead atoms. The van der Waals surface area contributed by atoms with Gasteiger partial charge in [-0.2, -0.15) is 5.10 Å². The average Bonchev–Trinajstić information content (AvgIpc) is 2.70. The van der Waals surface area contributed by atoms with Gasteiger partial charge in [0.15, 0.2) is 23.0 Å². The fraction of sp³-hybridized carbons (Fsp3) is 0.158. The highest BCUT2D eigenvalue weighted by molar-refractivity contribution is 6.40. The first-order valence-electron chi connectivity index (χ1n) is 7.86. The first-order chi connectivity index (χ1) is 13.0. The lowest BCUT2D eigenvalue weighted by atomic mass is 10.0. The summed E-state index contributed by atoms with van der Waals surface area (Å²) in [5.74, 6) is -1.69. The summed E-state index contributed by atoms with van der Waals surface area (Å²) in [5.41, 5.74) is 2.21. The summed E-state index contributed by atoms with van der Waals surface area (Å²) in [6.07, 6.45) is -0.500. The first kappa shape index (κ1) is 19.6. The van der Waals surface area contributed by atoms with Crippen molar-refractivity contribution in [3.8, 4) is 11.5 Å². The lowest BCUT2D eigenvalue weighted by Crippen LogP contribution is -2.25. The Balaban J connectivity index is 2.14. The van der Waals surface area contributed by atoms with Gasteiger partial charge >= 0.3 is 5.97 Å². The number of carboxylic acid groups (broad SMARTS) is 1. The van der Waals surface area contributed by atoms with Gasteiger partial charge in [0.2, 0.25) is 0 Å². The van der Waals surface area contributed by atoms with E-state index in [4.69, 9.17) is 9.47 Å². The van der Waals surface area contributed by atoms with Crippen molar-refractivity contribution < 1.29 is 29.0 Å². The van der Waals surface area contributed by atoms with Gasteiger partial charge in [0.05, 0.1) is 20.6 Å². The third-order valence-corrected chi connectivity index (χ3v) is 3.61. The smallest absolute Gasteiger partial charge is 0.352 e. The van der Waals surface area contributed by atoms with E-state index >= 15 is 0 Å². The number of ketones is 1. The number of rotatable bonds is 8. The predicted molar refractivity (Wildman–Crippen MR) is 97.5 cm³/mol. The van der Waals surface area contributed by atoms with Crippen LogP contribution < -0.4 is 14.9 Å². The molecule has 0 radical (unpaired) electrons. The van der Waals surface area contributed by atoms with Crippen molar-refractivity contribution in [3.63, 3.8) is 0 Å². The van der Waals surface area contributed by atoms with Crippen LogP contribution >= 0.6 is 0 Å². The summed E-state index contributed by atoms with van der Waals surface area (Å²) in [6.45, 7) is 0. The van der Waals surface area contributed by atoms with Crippen LogP contribution in [-0.4, -0.2) is 42.7 Å². The fourth-order valence-corrected chi connectivity index (χ4v) is 2.20. The van der Waals surface area contributed by atoms with Crippen LogP contribution in [0, 0.1) is 0 Å². The van der Waals surface area contributed by atoms with Gasteiger partial charge in [-0.1, -0.05) is 18.2 Å². The number of Topliss-reactive ketones (excluding diaryl/α,β-unsaturated/α-hetero) is 1. The summed E-state index contributed by atoms with van der Waals surface area (Å²) < 4.78 is 10.2. The quantitative estimate of drug-likeness (QED) is 0.418. The number of hydrazone groups is 1. The van der Waals surface area contributed by atoms with E-state index in [1.807, 2.05) is 0 Å². The Labute approximate surface area is 155 Å². The Morgan fingerprint density at radius 3 is 2.22 bits per heavy atom. The molecule has 8 nitrogen and oxygen atoms in total. The monoisotopic (exact) mass is 370 g/mol. The number of carboxylic acids is 1. The minimum atomic E-state index is -1.41. The highest BCUT2D eigenvalue weighted by Gasteiger charge is 2.18. The van der Waals surface area contributed by atoms with Gasteiger partial charge in [0.25, 0.3) is 5.91 Å². The number of carbonyl (C=O) groups excluding carboxylic acids is 2. The average molecular weight is 370 g/mol. The van der Waals surface area contributed by atoms with Gasteiger partial charge in [0, 0.05) is 11.1 Å². The minimum absolute atomic E-state index is 0.232. The van der Waals surface area contributed by atoms with Crippen LogP contribution in [0.3, 0.4) is 0 Å². The van der Waals surface area contributed by atoms with Gasteiger partial charge in [0.1, 0.15) is 0 Å². The number of methoxy groups -OCH3 is 2. The zero-order chi connectivity index (χ0) is 19.8. The van der Waals surface area contributed by atoms with Gasteiger partial charge < -0.3 is 14.6 Å². The minimum Gasteiger partial charge on any atom is -0.493 e. The van der Waals surface area contributed by atoms with Crippen LogP contribution in [0.2, 0.25) is 0 Å². The molecule has 2 aromatic carbocycles. The number of carbonyl (C=O) groups is 3. The molecule has 0 atom stereocenters. The van der Waals surface area contributed by atoms with E-state index in [2.05, 4.69) is 10.5 Å². The number of benzene rings is 2. The number of hydrogen-bond acceptors (Lipinski definition) is 6. The largest absolute Gasteiger partial charge is 0.493 e. The summed E-state index contributed by atoms with van der Waals surface area (Å²) in [4.78, 5) is 35.7.